The Morgan fingerprint density at radius 2 is 1.31 bits per heavy atom. The van der Waals surface area contributed by atoms with Crippen LogP contribution in [0.2, 0.25) is 0 Å². The van der Waals surface area contributed by atoms with Gasteiger partial charge in [-0.15, -0.1) is 0 Å². The summed E-state index contributed by atoms with van der Waals surface area (Å²) in [5, 5.41) is 7.80. The minimum absolute atomic E-state index is 0.111. The van der Waals surface area contributed by atoms with Gasteiger partial charge in [0.1, 0.15) is 28.6 Å². The van der Waals surface area contributed by atoms with Gasteiger partial charge in [0.15, 0.2) is 0 Å². The molecule has 220 valence electrons. The summed E-state index contributed by atoms with van der Waals surface area (Å²) in [6.45, 7) is 16.0. The first-order valence-electron chi connectivity index (χ1n) is 12.9. The number of rotatable bonds is 10. The third kappa shape index (κ3) is 15.5. The number of amides is 3. The molecular formula is C28H45N3O8. The second-order valence-corrected chi connectivity index (χ2v) is 12.1. The molecule has 1 aromatic rings. The Morgan fingerprint density at radius 3 is 1.79 bits per heavy atom. The fourth-order valence-corrected chi connectivity index (χ4v) is 3.26. The van der Waals surface area contributed by atoms with Crippen LogP contribution < -0.4 is 20.7 Å². The Morgan fingerprint density at radius 1 is 0.769 bits per heavy atom. The number of ether oxygens (including phenoxy) is 4. The first-order valence-corrected chi connectivity index (χ1v) is 12.9. The lowest BCUT2D eigenvalue weighted by Gasteiger charge is -2.25. The third-order valence-corrected chi connectivity index (χ3v) is 4.65. The summed E-state index contributed by atoms with van der Waals surface area (Å²) in [7, 11) is 1.24. The number of carbonyl (C=O) groups is 4. The zero-order valence-electron chi connectivity index (χ0n) is 24.9. The summed E-state index contributed by atoms with van der Waals surface area (Å²) in [6, 6.07) is 5.37. The largest absolute Gasteiger partial charge is 0.488 e. The summed E-state index contributed by atoms with van der Waals surface area (Å²) in [5.74, 6) is -0.481. The highest BCUT2D eigenvalue weighted by molar-refractivity contribution is 5.85. The highest BCUT2D eigenvalue weighted by atomic mass is 16.6. The standard InChI is InChI=1S/C28H45N3O8/c1-26(2,3)37-20-13-11-18(12-14-20)15-21(23(33)36-10)31-22(32)16-19(30-25(35)39-28(7,8)9)17-29-24(34)38-27(4,5)6/h11-14,19,21H,15-17H2,1-10H3,(H,29,34)(H,30,35)(H,31,32)/t19-,21+/m1/s1. The van der Waals surface area contributed by atoms with Crippen LogP contribution in [0.15, 0.2) is 24.3 Å². The molecule has 0 radical (unpaired) electrons. The molecule has 39 heavy (non-hydrogen) atoms. The molecule has 0 unspecified atom stereocenters. The van der Waals surface area contributed by atoms with E-state index >= 15 is 0 Å². The van der Waals surface area contributed by atoms with E-state index in [4.69, 9.17) is 18.9 Å². The fourth-order valence-electron chi connectivity index (χ4n) is 3.26. The van der Waals surface area contributed by atoms with Crippen LogP contribution in [0.4, 0.5) is 9.59 Å². The van der Waals surface area contributed by atoms with E-state index in [1.54, 1.807) is 65.8 Å². The molecule has 0 aliphatic heterocycles. The van der Waals surface area contributed by atoms with Gasteiger partial charge in [-0.25, -0.2) is 14.4 Å². The van der Waals surface area contributed by atoms with Crippen molar-refractivity contribution in [2.24, 2.45) is 0 Å². The first kappa shape index (κ1) is 33.5. The predicted octanol–water partition coefficient (Wildman–Crippen LogP) is 3.87. The maximum absolute atomic E-state index is 13.0. The van der Waals surface area contributed by atoms with Gasteiger partial charge in [0, 0.05) is 19.4 Å². The van der Waals surface area contributed by atoms with Gasteiger partial charge in [0.05, 0.1) is 13.2 Å². The zero-order valence-corrected chi connectivity index (χ0v) is 24.9. The Balaban J connectivity index is 2.93. The van der Waals surface area contributed by atoms with Crippen molar-refractivity contribution in [3.63, 3.8) is 0 Å². The average molecular weight is 552 g/mol. The predicted molar refractivity (Wildman–Crippen MR) is 146 cm³/mol. The Kier molecular flexibility index (Phi) is 12.1. The number of nitrogens with one attached hydrogen (secondary N) is 3. The third-order valence-electron chi connectivity index (χ3n) is 4.65. The van der Waals surface area contributed by atoms with E-state index in [2.05, 4.69) is 16.0 Å². The summed E-state index contributed by atoms with van der Waals surface area (Å²) in [4.78, 5) is 49.9. The van der Waals surface area contributed by atoms with Gasteiger partial charge in [0.2, 0.25) is 5.91 Å². The zero-order chi connectivity index (χ0) is 30.0. The maximum Gasteiger partial charge on any atom is 0.407 e. The minimum atomic E-state index is -0.974. The molecule has 0 saturated heterocycles. The topological polar surface area (TPSA) is 141 Å². The van der Waals surface area contributed by atoms with E-state index in [1.807, 2.05) is 20.8 Å². The molecular weight excluding hydrogens is 506 g/mol. The van der Waals surface area contributed by atoms with E-state index < -0.39 is 47.3 Å². The lowest BCUT2D eigenvalue weighted by molar-refractivity contribution is -0.145. The highest BCUT2D eigenvalue weighted by Crippen LogP contribution is 2.19. The van der Waals surface area contributed by atoms with Gasteiger partial charge in [-0.3, -0.25) is 4.79 Å². The molecule has 2 atom stereocenters. The van der Waals surface area contributed by atoms with Gasteiger partial charge in [-0.05, 0) is 80.0 Å². The smallest absolute Gasteiger partial charge is 0.407 e. The molecule has 3 N–H and O–H groups in total. The molecule has 1 aromatic carbocycles. The molecule has 0 spiro atoms. The van der Waals surface area contributed by atoms with Gasteiger partial charge in [-0.2, -0.15) is 0 Å². The summed E-state index contributed by atoms with van der Waals surface area (Å²) < 4.78 is 21.2. The van der Waals surface area contributed by atoms with E-state index in [0.29, 0.717) is 5.75 Å². The number of benzene rings is 1. The molecule has 3 amide bonds. The second kappa shape index (κ2) is 14.0. The monoisotopic (exact) mass is 551 g/mol. The second-order valence-electron chi connectivity index (χ2n) is 12.1. The normalized spacial score (nSPS) is 13.4. The van der Waals surface area contributed by atoms with Crippen molar-refractivity contribution in [3.05, 3.63) is 29.8 Å². The molecule has 0 aromatic heterocycles. The molecule has 0 heterocycles. The van der Waals surface area contributed by atoms with E-state index in [-0.39, 0.29) is 25.0 Å². The van der Waals surface area contributed by atoms with Crippen LogP contribution in [0.1, 0.15) is 74.3 Å². The summed E-state index contributed by atoms with van der Waals surface area (Å²) in [5.41, 5.74) is -1.06. The first-order chi connectivity index (χ1) is 17.8. The number of methoxy groups -OCH3 is 1. The molecule has 1 rings (SSSR count). The van der Waals surface area contributed by atoms with Gasteiger partial charge in [-0.1, -0.05) is 12.1 Å². The Labute approximate surface area is 231 Å². The number of alkyl carbamates (subject to hydrolysis) is 2. The van der Waals surface area contributed by atoms with Crippen molar-refractivity contribution in [2.75, 3.05) is 13.7 Å². The molecule has 0 aliphatic rings. The number of hydrogen-bond acceptors (Lipinski definition) is 8. The average Bonchev–Trinajstić information content (AvgIpc) is 2.74. The molecule has 11 nitrogen and oxygen atoms in total. The molecule has 0 aliphatic carbocycles. The molecule has 0 saturated carbocycles. The van der Waals surface area contributed by atoms with Gasteiger partial charge < -0.3 is 34.9 Å². The highest BCUT2D eigenvalue weighted by Gasteiger charge is 2.27. The summed E-state index contributed by atoms with van der Waals surface area (Å²) in [6.07, 6.45) is -1.53. The number of hydrogen-bond donors (Lipinski definition) is 3. The number of carbonyl (C=O) groups excluding carboxylic acids is 4. The fraction of sp³-hybridized carbons (Fsp3) is 0.643. The van der Waals surface area contributed by atoms with Crippen LogP contribution in [0.3, 0.4) is 0 Å². The van der Waals surface area contributed by atoms with Crippen LogP contribution in [-0.2, 0) is 30.2 Å². The lowest BCUT2D eigenvalue weighted by atomic mass is 10.0. The van der Waals surface area contributed by atoms with Crippen LogP contribution >= 0.6 is 0 Å². The molecule has 0 bridgehead atoms. The van der Waals surface area contributed by atoms with Crippen molar-refractivity contribution in [3.8, 4) is 5.75 Å². The lowest BCUT2D eigenvalue weighted by Crippen LogP contribution is -2.50. The SMILES string of the molecule is COC(=O)[C@H](Cc1ccc(OC(C)(C)C)cc1)NC(=O)C[C@H](CNC(=O)OC(C)(C)C)NC(=O)OC(C)(C)C. The Hall–Kier alpha value is -3.50. The van der Waals surface area contributed by atoms with Crippen molar-refractivity contribution >= 4 is 24.1 Å². The van der Waals surface area contributed by atoms with Crippen LogP contribution in [0.25, 0.3) is 0 Å². The number of esters is 1. The molecule has 11 heteroatoms. The van der Waals surface area contributed by atoms with E-state index in [0.717, 1.165) is 5.56 Å². The van der Waals surface area contributed by atoms with Crippen molar-refractivity contribution in [2.45, 2.75) is 104 Å². The Bertz CT molecular complexity index is 972. The molecule has 0 fully saturated rings. The van der Waals surface area contributed by atoms with E-state index in [1.165, 1.54) is 7.11 Å². The summed E-state index contributed by atoms with van der Waals surface area (Å²) >= 11 is 0. The quantitative estimate of drug-likeness (QED) is 0.294. The van der Waals surface area contributed by atoms with Crippen molar-refractivity contribution in [1.29, 1.82) is 0 Å². The van der Waals surface area contributed by atoms with Crippen molar-refractivity contribution < 1.29 is 38.1 Å². The minimum Gasteiger partial charge on any atom is -0.488 e. The van der Waals surface area contributed by atoms with Crippen molar-refractivity contribution in [1.82, 2.24) is 16.0 Å². The van der Waals surface area contributed by atoms with Gasteiger partial charge >= 0.3 is 18.2 Å². The van der Waals surface area contributed by atoms with Crippen LogP contribution in [0, 0.1) is 0 Å². The van der Waals surface area contributed by atoms with Crippen LogP contribution in [0.5, 0.6) is 5.75 Å². The van der Waals surface area contributed by atoms with Crippen LogP contribution in [-0.4, -0.2) is 66.6 Å². The maximum atomic E-state index is 13.0. The van der Waals surface area contributed by atoms with E-state index in [9.17, 15) is 19.2 Å². The van der Waals surface area contributed by atoms with Gasteiger partial charge in [0.25, 0.3) is 0 Å².